The quantitative estimate of drug-likeness (QED) is 0.349. The van der Waals surface area contributed by atoms with Crippen LogP contribution in [0.3, 0.4) is 0 Å². The molecule has 4 rings (SSSR count). The summed E-state index contributed by atoms with van der Waals surface area (Å²) in [5.41, 5.74) is 1.15. The van der Waals surface area contributed by atoms with E-state index in [1.54, 1.807) is 7.05 Å². The number of hydrogen-bond acceptors (Lipinski definition) is 3. The van der Waals surface area contributed by atoms with Gasteiger partial charge in [0.1, 0.15) is 0 Å². The second-order valence-electron chi connectivity index (χ2n) is 7.29. The number of hydrogen-bond donors (Lipinski definition) is 2. The summed E-state index contributed by atoms with van der Waals surface area (Å²) in [6.45, 7) is 1.53. The fourth-order valence-corrected chi connectivity index (χ4v) is 4.55. The van der Waals surface area contributed by atoms with E-state index in [-0.39, 0.29) is 35.5 Å². The topological polar surface area (TPSA) is 78.7 Å². The van der Waals surface area contributed by atoms with Crippen molar-refractivity contribution in [2.45, 2.75) is 13.0 Å². The first-order valence-corrected chi connectivity index (χ1v) is 9.18. The number of guanidine groups is 1. The summed E-state index contributed by atoms with van der Waals surface area (Å²) in [7, 11) is 3.71. The van der Waals surface area contributed by atoms with Crippen LogP contribution in [0.25, 0.3) is 0 Å². The van der Waals surface area contributed by atoms with Crippen LogP contribution in [0.2, 0.25) is 0 Å². The molecule has 2 N–H and O–H groups in total. The molecule has 0 spiro atoms. The van der Waals surface area contributed by atoms with Gasteiger partial charge in [-0.2, -0.15) is 0 Å². The fourth-order valence-electron chi connectivity index (χ4n) is 4.55. The maximum atomic E-state index is 12.6. The molecular formula is C19H25N5O2. The van der Waals surface area contributed by atoms with Crippen LogP contribution >= 0.6 is 0 Å². The van der Waals surface area contributed by atoms with E-state index < -0.39 is 0 Å². The van der Waals surface area contributed by atoms with E-state index in [2.05, 4.69) is 27.8 Å². The van der Waals surface area contributed by atoms with Crippen molar-refractivity contribution in [2.24, 2.45) is 35.7 Å². The molecule has 1 saturated heterocycles. The number of rotatable bonds is 5. The first-order valence-electron chi connectivity index (χ1n) is 9.18. The lowest BCUT2D eigenvalue weighted by molar-refractivity contribution is -0.140. The first-order chi connectivity index (χ1) is 12.6. The number of aliphatic imine (C=N–C) groups is 1. The molecule has 0 radical (unpaired) electrons. The van der Waals surface area contributed by atoms with Gasteiger partial charge in [-0.1, -0.05) is 12.2 Å². The number of aryl methyl sites for hydroxylation is 1. The van der Waals surface area contributed by atoms with Gasteiger partial charge in [-0.15, -0.1) is 0 Å². The number of nitrogens with one attached hydrogen (secondary N) is 2. The molecule has 1 aliphatic heterocycles. The minimum absolute atomic E-state index is 0.00501. The van der Waals surface area contributed by atoms with E-state index in [0.717, 1.165) is 12.1 Å². The monoisotopic (exact) mass is 355 g/mol. The standard InChI is InChI=1S/C19H25N5O2/c1-20-19(22-11-14-4-3-8-23(14)2)21-7-9-24-17(25)15-12-5-6-13(10-12)16(15)18(24)26/h3-6,8,12-13,15-16H,7,9-11H2,1-2H3,(H2,20,21,22). The highest BCUT2D eigenvalue weighted by Gasteiger charge is 2.58. The van der Waals surface area contributed by atoms with Crippen LogP contribution in [0.5, 0.6) is 0 Å². The summed E-state index contributed by atoms with van der Waals surface area (Å²) in [5.74, 6) is 0.959. The summed E-state index contributed by atoms with van der Waals surface area (Å²) < 4.78 is 2.04. The second-order valence-corrected chi connectivity index (χ2v) is 7.29. The third-order valence-corrected chi connectivity index (χ3v) is 5.90. The van der Waals surface area contributed by atoms with Gasteiger partial charge in [-0.3, -0.25) is 19.5 Å². The van der Waals surface area contributed by atoms with Gasteiger partial charge in [0.25, 0.3) is 0 Å². The predicted octanol–water partition coefficient (Wildman–Crippen LogP) is 0.497. The van der Waals surface area contributed by atoms with Crippen LogP contribution in [0.15, 0.2) is 35.5 Å². The number of carbonyl (C=O) groups is 2. The number of amides is 2. The Hall–Kier alpha value is -2.57. The molecule has 1 saturated carbocycles. The summed E-state index contributed by atoms with van der Waals surface area (Å²) in [5, 5.41) is 6.44. The van der Waals surface area contributed by atoms with Crippen molar-refractivity contribution in [1.82, 2.24) is 20.1 Å². The summed E-state index contributed by atoms with van der Waals surface area (Å²) >= 11 is 0. The number of nitrogens with zero attached hydrogens (tertiary/aromatic N) is 3. The van der Waals surface area contributed by atoms with Crippen molar-refractivity contribution in [1.29, 1.82) is 0 Å². The lowest BCUT2D eigenvalue weighted by Gasteiger charge is -2.18. The Labute approximate surface area is 153 Å². The van der Waals surface area contributed by atoms with Crippen molar-refractivity contribution in [2.75, 3.05) is 20.1 Å². The van der Waals surface area contributed by atoms with Gasteiger partial charge in [0.15, 0.2) is 5.96 Å². The highest BCUT2D eigenvalue weighted by atomic mass is 16.2. The molecule has 2 bridgehead atoms. The fraction of sp³-hybridized carbons (Fsp3) is 0.526. The molecular weight excluding hydrogens is 330 g/mol. The van der Waals surface area contributed by atoms with Gasteiger partial charge in [0.2, 0.25) is 11.8 Å². The van der Waals surface area contributed by atoms with Crippen LogP contribution < -0.4 is 10.6 Å². The van der Waals surface area contributed by atoms with Crippen molar-refractivity contribution in [3.63, 3.8) is 0 Å². The third-order valence-electron chi connectivity index (χ3n) is 5.90. The van der Waals surface area contributed by atoms with Gasteiger partial charge in [-0.05, 0) is 30.4 Å². The van der Waals surface area contributed by atoms with Gasteiger partial charge in [-0.25, -0.2) is 0 Å². The van der Waals surface area contributed by atoms with Crippen molar-refractivity contribution >= 4 is 17.8 Å². The Morgan fingerprint density at radius 3 is 2.46 bits per heavy atom. The largest absolute Gasteiger partial charge is 0.355 e. The predicted molar refractivity (Wildman–Crippen MR) is 98.1 cm³/mol. The Morgan fingerprint density at radius 1 is 1.19 bits per heavy atom. The summed E-state index contributed by atoms with van der Waals surface area (Å²) in [6.07, 6.45) is 7.20. The van der Waals surface area contributed by atoms with Crippen LogP contribution in [-0.2, 0) is 23.2 Å². The van der Waals surface area contributed by atoms with Crippen molar-refractivity contribution in [3.05, 3.63) is 36.2 Å². The van der Waals surface area contributed by atoms with Gasteiger partial charge >= 0.3 is 0 Å². The summed E-state index contributed by atoms with van der Waals surface area (Å²) in [6, 6.07) is 4.04. The number of carbonyl (C=O) groups excluding carboxylic acids is 2. The van der Waals surface area contributed by atoms with Gasteiger partial charge < -0.3 is 15.2 Å². The molecule has 26 heavy (non-hydrogen) atoms. The third kappa shape index (κ3) is 2.71. The number of aromatic nitrogens is 1. The highest BCUT2D eigenvalue weighted by Crippen LogP contribution is 2.52. The molecule has 1 aromatic rings. The summed E-state index contributed by atoms with van der Waals surface area (Å²) in [4.78, 5) is 30.9. The van der Waals surface area contributed by atoms with Gasteiger partial charge in [0.05, 0.1) is 18.4 Å². The Morgan fingerprint density at radius 2 is 1.88 bits per heavy atom. The van der Waals surface area contributed by atoms with E-state index >= 15 is 0 Å². The van der Waals surface area contributed by atoms with E-state index in [1.807, 2.05) is 29.9 Å². The van der Waals surface area contributed by atoms with E-state index in [9.17, 15) is 9.59 Å². The number of imide groups is 1. The van der Waals surface area contributed by atoms with Crippen LogP contribution in [0.4, 0.5) is 0 Å². The average Bonchev–Trinajstić information content (AvgIpc) is 3.39. The normalized spacial score (nSPS) is 29.6. The highest BCUT2D eigenvalue weighted by molar-refractivity contribution is 6.06. The van der Waals surface area contributed by atoms with Crippen molar-refractivity contribution < 1.29 is 9.59 Å². The zero-order valence-electron chi connectivity index (χ0n) is 15.2. The van der Waals surface area contributed by atoms with Crippen LogP contribution in [-0.4, -0.2) is 47.4 Å². The minimum atomic E-state index is -0.118. The molecule has 2 heterocycles. The van der Waals surface area contributed by atoms with Crippen LogP contribution in [0.1, 0.15) is 12.1 Å². The first kappa shape index (κ1) is 16.9. The van der Waals surface area contributed by atoms with Crippen LogP contribution in [0, 0.1) is 23.7 Å². The van der Waals surface area contributed by atoms with E-state index in [4.69, 9.17) is 0 Å². The molecule has 0 aromatic carbocycles. The number of fused-ring (bicyclic) bond motifs is 5. The number of likely N-dealkylation sites (tertiary alicyclic amines) is 1. The smallest absolute Gasteiger partial charge is 0.233 e. The SMILES string of the molecule is CN=C(NCCN1C(=O)C2C3C=CC(C3)C2C1=O)NCc1cccn1C. The molecule has 1 aromatic heterocycles. The maximum absolute atomic E-state index is 12.6. The molecule has 2 amide bonds. The Balaban J connectivity index is 1.28. The zero-order valence-corrected chi connectivity index (χ0v) is 15.2. The van der Waals surface area contributed by atoms with E-state index in [1.165, 1.54) is 4.90 Å². The lowest BCUT2D eigenvalue weighted by Crippen LogP contribution is -2.43. The molecule has 138 valence electrons. The molecule has 2 fully saturated rings. The molecule has 3 aliphatic rings. The zero-order chi connectivity index (χ0) is 18.3. The number of allylic oxidation sites excluding steroid dienone is 2. The Kier molecular flexibility index (Phi) is 4.30. The average molecular weight is 355 g/mol. The lowest BCUT2D eigenvalue weighted by atomic mass is 9.85. The van der Waals surface area contributed by atoms with Crippen molar-refractivity contribution in [3.8, 4) is 0 Å². The molecule has 7 heteroatoms. The molecule has 2 aliphatic carbocycles. The maximum Gasteiger partial charge on any atom is 0.233 e. The molecule has 4 atom stereocenters. The molecule has 7 nitrogen and oxygen atoms in total. The Bertz CT molecular complexity index is 751. The minimum Gasteiger partial charge on any atom is -0.355 e. The second kappa shape index (κ2) is 6.63. The van der Waals surface area contributed by atoms with Gasteiger partial charge in [0, 0.05) is 39.1 Å². The van der Waals surface area contributed by atoms with E-state index in [0.29, 0.717) is 25.6 Å². The molecule has 4 unspecified atom stereocenters.